The molecule has 0 aliphatic heterocycles. The summed E-state index contributed by atoms with van der Waals surface area (Å²) in [6.45, 7) is 10.6. The van der Waals surface area contributed by atoms with Gasteiger partial charge in [0.2, 0.25) is 53.2 Å². The Kier molecular flexibility index (Phi) is 28.6. The maximum atomic E-state index is 13.9. The number of carboxylic acid groups (broad SMARTS) is 3. The monoisotopic (exact) mass is 1000 g/mol. The lowest BCUT2D eigenvalue weighted by molar-refractivity contribution is -0.143. The van der Waals surface area contributed by atoms with Crippen molar-refractivity contribution in [1.29, 1.82) is 0 Å². The highest BCUT2D eigenvalue weighted by Gasteiger charge is 2.36. The predicted octanol–water partition coefficient (Wildman–Crippen LogP) is -4.67. The molecule has 0 aliphatic carbocycles. The number of rotatable bonds is 34. The first kappa shape index (κ1) is 62.9. The second kappa shape index (κ2) is 31.8. The standard InChI is InChI=1S/C42H73N13O15/c1-8-21(6)33(40(68)48-22(7)34(62)50-23(10-9-15-47-42(45)46)36(64)54-32(20(4)5)41(69)70)55-37(65)25(12-14-31(60)61)51-35(63)24(11-13-30(58)59)52-39(67)27(17-28(44)56)53-38(66)26(16-19(2)3)49-29(57)18-43/h19-27,32-33H,8-18,43H2,1-7H3,(H2,44,56)(H,48,68)(H,49,57)(H,50,62)(H,51,63)(H,52,67)(H,53,66)(H,54,64)(H,55,65)(H,58,59)(H,60,61)(H,69,70)(H4,45,46,47)/t21-,22-,23-,24-,25-,26-,27-,32-,33-/m0/s1. The lowest BCUT2D eigenvalue weighted by atomic mass is 9.97. The highest BCUT2D eigenvalue weighted by atomic mass is 16.4. The number of nitrogens with zero attached hydrogens (tertiary/aromatic N) is 1. The molecule has 0 aliphatic rings. The first-order valence-electron chi connectivity index (χ1n) is 22.7. The number of carbonyl (C=O) groups is 12. The number of carboxylic acids is 3. The molecule has 0 saturated heterocycles. The third kappa shape index (κ3) is 24.8. The summed E-state index contributed by atoms with van der Waals surface area (Å²) in [4.78, 5) is 158. The van der Waals surface area contributed by atoms with Gasteiger partial charge in [-0.25, -0.2) is 4.79 Å². The summed E-state index contributed by atoms with van der Waals surface area (Å²) in [5, 5.41) is 47.5. The van der Waals surface area contributed by atoms with Gasteiger partial charge in [0.25, 0.3) is 0 Å². The maximum absolute atomic E-state index is 13.9. The minimum atomic E-state index is -1.80. The number of aliphatic carboxylic acids is 3. The van der Waals surface area contributed by atoms with Crippen LogP contribution in [0.3, 0.4) is 0 Å². The number of nitrogens with two attached hydrogens (primary N) is 4. The highest BCUT2D eigenvalue weighted by molar-refractivity contribution is 5.99. The molecule has 70 heavy (non-hydrogen) atoms. The van der Waals surface area contributed by atoms with Gasteiger partial charge in [0.15, 0.2) is 5.96 Å². The summed E-state index contributed by atoms with van der Waals surface area (Å²) in [6, 6.07) is -12.0. The van der Waals surface area contributed by atoms with Crippen LogP contribution in [0.4, 0.5) is 0 Å². The summed E-state index contributed by atoms with van der Waals surface area (Å²) < 4.78 is 0. The number of aliphatic imine (C=N–C) groups is 1. The lowest BCUT2D eigenvalue weighted by Gasteiger charge is -2.29. The smallest absolute Gasteiger partial charge is 0.326 e. The molecular formula is C42H73N13O15. The van der Waals surface area contributed by atoms with E-state index in [-0.39, 0.29) is 44.1 Å². The normalized spacial score (nSPS) is 14.8. The van der Waals surface area contributed by atoms with Crippen LogP contribution >= 0.6 is 0 Å². The fraction of sp³-hybridized carbons (Fsp3) is 0.690. The van der Waals surface area contributed by atoms with E-state index in [0.29, 0.717) is 0 Å². The van der Waals surface area contributed by atoms with Crippen LogP contribution in [0.25, 0.3) is 0 Å². The van der Waals surface area contributed by atoms with Crippen molar-refractivity contribution < 1.29 is 72.9 Å². The Morgan fingerprint density at radius 3 is 1.40 bits per heavy atom. The van der Waals surface area contributed by atoms with Gasteiger partial charge < -0.3 is 80.8 Å². The van der Waals surface area contributed by atoms with Crippen molar-refractivity contribution in [3.8, 4) is 0 Å². The Balaban J connectivity index is 6.60. The van der Waals surface area contributed by atoms with E-state index < -0.39 is 170 Å². The van der Waals surface area contributed by atoms with E-state index in [1.54, 1.807) is 41.5 Å². The van der Waals surface area contributed by atoms with Crippen LogP contribution in [0, 0.1) is 17.8 Å². The molecule has 0 bridgehead atoms. The Bertz CT molecular complexity index is 1890. The molecule has 0 heterocycles. The average molecular weight is 1000 g/mol. The Morgan fingerprint density at radius 2 is 0.971 bits per heavy atom. The number of nitrogens with one attached hydrogen (secondary N) is 8. The number of guanidine groups is 1. The molecule has 0 aromatic heterocycles. The lowest BCUT2D eigenvalue weighted by Crippen LogP contribution is -2.61. The molecule has 0 rings (SSSR count). The minimum Gasteiger partial charge on any atom is -0.481 e. The van der Waals surface area contributed by atoms with Gasteiger partial charge >= 0.3 is 17.9 Å². The maximum Gasteiger partial charge on any atom is 0.326 e. The van der Waals surface area contributed by atoms with Gasteiger partial charge in [-0.3, -0.25) is 57.7 Å². The van der Waals surface area contributed by atoms with Crippen molar-refractivity contribution in [2.75, 3.05) is 13.1 Å². The summed E-state index contributed by atoms with van der Waals surface area (Å²) in [5.41, 5.74) is 21.4. The second-order valence-corrected chi connectivity index (χ2v) is 17.4. The van der Waals surface area contributed by atoms with Crippen molar-refractivity contribution in [1.82, 2.24) is 42.5 Å². The van der Waals surface area contributed by atoms with E-state index in [0.717, 1.165) is 0 Å². The van der Waals surface area contributed by atoms with Crippen LogP contribution in [0.2, 0.25) is 0 Å². The fourth-order valence-electron chi connectivity index (χ4n) is 6.42. The molecule has 396 valence electrons. The summed E-state index contributed by atoms with van der Waals surface area (Å²) in [7, 11) is 0. The Labute approximate surface area is 405 Å². The van der Waals surface area contributed by atoms with Gasteiger partial charge in [-0.1, -0.05) is 48.0 Å². The molecule has 0 radical (unpaired) electrons. The molecule has 0 saturated carbocycles. The van der Waals surface area contributed by atoms with Crippen molar-refractivity contribution in [2.24, 2.45) is 45.7 Å². The minimum absolute atomic E-state index is 0.0535. The largest absolute Gasteiger partial charge is 0.481 e. The zero-order valence-electron chi connectivity index (χ0n) is 40.6. The molecule has 28 heteroatoms. The first-order valence-corrected chi connectivity index (χ1v) is 22.7. The zero-order chi connectivity index (χ0) is 54.0. The molecule has 0 fully saturated rings. The van der Waals surface area contributed by atoms with E-state index in [1.165, 1.54) is 6.92 Å². The van der Waals surface area contributed by atoms with Gasteiger partial charge in [0, 0.05) is 19.4 Å². The van der Waals surface area contributed by atoms with Crippen molar-refractivity contribution in [2.45, 2.75) is 155 Å². The molecule has 0 aromatic rings. The van der Waals surface area contributed by atoms with Crippen LogP contribution in [0.15, 0.2) is 4.99 Å². The molecule has 0 aromatic carbocycles. The number of amides is 9. The zero-order valence-corrected chi connectivity index (χ0v) is 40.6. The Hall–Kier alpha value is -7.13. The topological polar surface area (TPSA) is 478 Å². The predicted molar refractivity (Wildman–Crippen MR) is 249 cm³/mol. The molecule has 9 atom stereocenters. The van der Waals surface area contributed by atoms with Crippen LogP contribution in [-0.2, 0) is 57.5 Å². The Morgan fingerprint density at radius 1 is 0.529 bits per heavy atom. The van der Waals surface area contributed by atoms with Gasteiger partial charge in [0.05, 0.1) is 13.0 Å². The summed E-state index contributed by atoms with van der Waals surface area (Å²) >= 11 is 0. The van der Waals surface area contributed by atoms with Gasteiger partial charge in [0.1, 0.15) is 48.3 Å². The quantitative estimate of drug-likeness (QED) is 0.0164. The average Bonchev–Trinajstić information content (AvgIpc) is 3.26. The fourth-order valence-corrected chi connectivity index (χ4v) is 6.42. The van der Waals surface area contributed by atoms with Gasteiger partial charge in [-0.05, 0) is 56.8 Å². The van der Waals surface area contributed by atoms with Crippen LogP contribution in [0.5, 0.6) is 0 Å². The van der Waals surface area contributed by atoms with E-state index in [9.17, 15) is 72.9 Å². The van der Waals surface area contributed by atoms with Crippen LogP contribution < -0.4 is 65.5 Å². The third-order valence-electron chi connectivity index (χ3n) is 10.5. The highest BCUT2D eigenvalue weighted by Crippen LogP contribution is 2.12. The number of hydrogen-bond acceptors (Lipinski definition) is 14. The number of carbonyl (C=O) groups excluding carboxylic acids is 9. The van der Waals surface area contributed by atoms with E-state index in [4.69, 9.17) is 22.9 Å². The number of primary amides is 1. The van der Waals surface area contributed by atoms with Crippen LogP contribution in [0.1, 0.15) is 106 Å². The number of hydrogen-bond donors (Lipinski definition) is 15. The summed E-state index contributed by atoms with van der Waals surface area (Å²) in [5.74, 6) is -14.7. The second-order valence-electron chi connectivity index (χ2n) is 17.4. The van der Waals surface area contributed by atoms with Crippen molar-refractivity contribution >= 4 is 77.0 Å². The third-order valence-corrected chi connectivity index (χ3v) is 10.5. The first-order chi connectivity index (χ1) is 32.5. The molecule has 0 unspecified atom stereocenters. The molecule has 9 amide bonds. The molecule has 19 N–H and O–H groups in total. The van der Waals surface area contributed by atoms with E-state index in [1.807, 2.05) is 0 Å². The van der Waals surface area contributed by atoms with Crippen molar-refractivity contribution in [3.63, 3.8) is 0 Å². The van der Waals surface area contributed by atoms with Crippen molar-refractivity contribution in [3.05, 3.63) is 0 Å². The van der Waals surface area contributed by atoms with Gasteiger partial charge in [-0.2, -0.15) is 0 Å². The van der Waals surface area contributed by atoms with Crippen LogP contribution in [-0.4, -0.2) is 154 Å². The SMILES string of the molecule is CC[C@H](C)[C@H](NC(=O)[C@H](CCC(=O)O)NC(=O)[C@H](CCC(=O)O)NC(=O)[C@H](CC(N)=O)NC(=O)[C@H](CC(C)C)NC(=O)CN)C(=O)N[C@@H](C)C(=O)N[C@@H](CCCN=C(N)N)C(=O)N[C@H](C(=O)O)C(C)C. The molecular weight excluding hydrogens is 927 g/mol. The van der Waals surface area contributed by atoms with E-state index >= 15 is 0 Å². The van der Waals surface area contributed by atoms with Gasteiger partial charge in [-0.15, -0.1) is 0 Å². The van der Waals surface area contributed by atoms with E-state index in [2.05, 4.69) is 47.5 Å². The molecule has 0 spiro atoms. The summed E-state index contributed by atoms with van der Waals surface area (Å²) in [6.07, 6.45) is -3.11. The molecule has 28 nitrogen and oxygen atoms in total.